The first kappa shape index (κ1) is 12.0. The first-order valence-corrected chi connectivity index (χ1v) is 5.98. The molecule has 7 heteroatoms. The highest BCUT2D eigenvalue weighted by molar-refractivity contribution is 6.28. The van der Waals surface area contributed by atoms with Gasteiger partial charge in [-0.05, 0) is 24.4 Å². The standard InChI is InChI=1S/C10H13ClN4O2/c11-10-12-6-8(15(16)17)9(14-10)13-7-4-2-1-3-5-7/h6-7H,1-5H2,(H,12,13,14). The molecule has 0 unspecified atom stereocenters. The monoisotopic (exact) mass is 256 g/mol. The molecule has 92 valence electrons. The first-order valence-electron chi connectivity index (χ1n) is 5.60. The van der Waals surface area contributed by atoms with Crippen LogP contribution in [0, 0.1) is 10.1 Å². The Kier molecular flexibility index (Phi) is 3.73. The molecule has 0 spiro atoms. The number of nitro groups is 1. The zero-order valence-electron chi connectivity index (χ0n) is 9.23. The smallest absolute Gasteiger partial charge is 0.329 e. The van der Waals surface area contributed by atoms with E-state index in [9.17, 15) is 10.1 Å². The predicted octanol–water partition coefficient (Wildman–Crippen LogP) is 2.78. The van der Waals surface area contributed by atoms with E-state index in [4.69, 9.17) is 11.6 Å². The minimum Gasteiger partial charge on any atom is -0.361 e. The molecule has 0 radical (unpaired) electrons. The van der Waals surface area contributed by atoms with Crippen molar-refractivity contribution in [3.05, 3.63) is 21.6 Å². The fourth-order valence-corrected chi connectivity index (χ4v) is 2.17. The molecule has 1 fully saturated rings. The Balaban J connectivity index is 2.17. The summed E-state index contributed by atoms with van der Waals surface area (Å²) in [7, 11) is 0. The highest BCUT2D eigenvalue weighted by Gasteiger charge is 2.21. The molecule has 0 aromatic carbocycles. The van der Waals surface area contributed by atoms with E-state index in [-0.39, 0.29) is 22.8 Å². The molecule has 1 aromatic rings. The molecule has 1 aromatic heterocycles. The van der Waals surface area contributed by atoms with Gasteiger partial charge in [-0.2, -0.15) is 4.98 Å². The van der Waals surface area contributed by atoms with Crippen LogP contribution in [0.25, 0.3) is 0 Å². The van der Waals surface area contributed by atoms with Gasteiger partial charge < -0.3 is 5.32 Å². The van der Waals surface area contributed by atoms with Crippen LogP contribution in [0.2, 0.25) is 5.28 Å². The molecule has 1 aliphatic carbocycles. The lowest BCUT2D eigenvalue weighted by molar-refractivity contribution is -0.384. The Morgan fingerprint density at radius 2 is 2.12 bits per heavy atom. The predicted molar refractivity (Wildman–Crippen MR) is 64.2 cm³/mol. The molecule has 0 amide bonds. The molecule has 1 saturated carbocycles. The largest absolute Gasteiger partial charge is 0.361 e. The van der Waals surface area contributed by atoms with E-state index < -0.39 is 4.92 Å². The molecule has 0 saturated heterocycles. The minimum atomic E-state index is -0.499. The van der Waals surface area contributed by atoms with Crippen LogP contribution in [0.5, 0.6) is 0 Å². The molecule has 17 heavy (non-hydrogen) atoms. The maximum atomic E-state index is 10.8. The number of nitrogens with one attached hydrogen (secondary N) is 1. The van der Waals surface area contributed by atoms with Gasteiger partial charge in [-0.25, -0.2) is 4.98 Å². The van der Waals surface area contributed by atoms with Gasteiger partial charge in [0.05, 0.1) is 4.92 Å². The summed E-state index contributed by atoms with van der Waals surface area (Å²) in [6.45, 7) is 0. The second-order valence-corrected chi connectivity index (χ2v) is 4.45. The van der Waals surface area contributed by atoms with Crippen LogP contribution in [-0.2, 0) is 0 Å². The van der Waals surface area contributed by atoms with Gasteiger partial charge in [0.15, 0.2) is 0 Å². The summed E-state index contributed by atoms with van der Waals surface area (Å²) < 4.78 is 0. The van der Waals surface area contributed by atoms with E-state index in [0.29, 0.717) is 0 Å². The molecule has 1 N–H and O–H groups in total. The summed E-state index contributed by atoms with van der Waals surface area (Å²) in [5.74, 6) is 0.224. The number of rotatable bonds is 3. The van der Waals surface area contributed by atoms with Crippen molar-refractivity contribution in [1.29, 1.82) is 0 Å². The summed E-state index contributed by atoms with van der Waals surface area (Å²) >= 11 is 5.65. The second-order valence-electron chi connectivity index (χ2n) is 4.11. The van der Waals surface area contributed by atoms with E-state index in [2.05, 4.69) is 15.3 Å². The highest BCUT2D eigenvalue weighted by atomic mass is 35.5. The fraction of sp³-hybridized carbons (Fsp3) is 0.600. The third kappa shape index (κ3) is 3.03. The molecular weight excluding hydrogens is 244 g/mol. The number of hydrogen-bond donors (Lipinski definition) is 1. The highest BCUT2D eigenvalue weighted by Crippen LogP contribution is 2.26. The summed E-state index contributed by atoms with van der Waals surface area (Å²) in [6, 6.07) is 0.244. The average Bonchev–Trinajstić information content (AvgIpc) is 2.30. The van der Waals surface area contributed by atoms with Gasteiger partial charge in [0.1, 0.15) is 6.20 Å². The zero-order valence-corrected chi connectivity index (χ0v) is 9.98. The molecule has 2 rings (SSSR count). The lowest BCUT2D eigenvalue weighted by atomic mass is 9.95. The fourth-order valence-electron chi connectivity index (χ4n) is 2.03. The van der Waals surface area contributed by atoms with Crippen LogP contribution in [0.15, 0.2) is 6.20 Å². The lowest BCUT2D eigenvalue weighted by Crippen LogP contribution is -2.23. The van der Waals surface area contributed by atoms with Crippen molar-refractivity contribution in [3.8, 4) is 0 Å². The molecule has 0 aliphatic heterocycles. The third-order valence-corrected chi connectivity index (χ3v) is 3.06. The van der Waals surface area contributed by atoms with Crippen LogP contribution in [0.4, 0.5) is 11.5 Å². The Morgan fingerprint density at radius 1 is 1.41 bits per heavy atom. The van der Waals surface area contributed by atoms with Gasteiger partial charge in [0.25, 0.3) is 0 Å². The van der Waals surface area contributed by atoms with Crippen molar-refractivity contribution in [2.24, 2.45) is 0 Å². The quantitative estimate of drug-likeness (QED) is 0.511. The van der Waals surface area contributed by atoms with Gasteiger partial charge in [-0.1, -0.05) is 19.3 Å². The molecule has 0 bridgehead atoms. The Hall–Kier alpha value is -1.43. The normalized spacial score (nSPS) is 16.8. The van der Waals surface area contributed by atoms with Crippen molar-refractivity contribution < 1.29 is 4.92 Å². The molecule has 1 heterocycles. The maximum Gasteiger partial charge on any atom is 0.329 e. The summed E-state index contributed by atoms with van der Waals surface area (Å²) in [5, 5.41) is 13.9. The van der Waals surface area contributed by atoms with Crippen LogP contribution in [0.3, 0.4) is 0 Å². The molecule has 0 atom stereocenters. The minimum absolute atomic E-state index is 0.0221. The molecule has 1 aliphatic rings. The summed E-state index contributed by atoms with van der Waals surface area (Å²) in [4.78, 5) is 17.8. The molecule has 6 nitrogen and oxygen atoms in total. The lowest BCUT2D eigenvalue weighted by Gasteiger charge is -2.22. The third-order valence-electron chi connectivity index (χ3n) is 2.88. The number of nitrogens with zero attached hydrogens (tertiary/aromatic N) is 3. The van der Waals surface area contributed by atoms with Gasteiger partial charge in [0.2, 0.25) is 11.1 Å². The van der Waals surface area contributed by atoms with E-state index in [1.165, 1.54) is 6.42 Å². The van der Waals surface area contributed by atoms with E-state index in [0.717, 1.165) is 31.9 Å². The van der Waals surface area contributed by atoms with Gasteiger partial charge >= 0.3 is 5.69 Å². The number of halogens is 1. The van der Waals surface area contributed by atoms with E-state index in [1.54, 1.807) is 0 Å². The van der Waals surface area contributed by atoms with Gasteiger partial charge in [-0.3, -0.25) is 10.1 Å². The number of aromatic nitrogens is 2. The SMILES string of the molecule is O=[N+]([O-])c1cnc(Cl)nc1NC1CCCCC1. The Labute approximate surface area is 104 Å². The van der Waals surface area contributed by atoms with Crippen LogP contribution in [0.1, 0.15) is 32.1 Å². The van der Waals surface area contributed by atoms with Crippen LogP contribution in [-0.4, -0.2) is 20.9 Å². The topological polar surface area (TPSA) is 81.0 Å². The van der Waals surface area contributed by atoms with Crippen molar-refractivity contribution in [2.75, 3.05) is 5.32 Å². The Morgan fingerprint density at radius 3 is 2.76 bits per heavy atom. The van der Waals surface area contributed by atoms with Crippen molar-refractivity contribution in [3.63, 3.8) is 0 Å². The zero-order chi connectivity index (χ0) is 12.3. The maximum absolute atomic E-state index is 10.8. The first-order chi connectivity index (χ1) is 8.16. The van der Waals surface area contributed by atoms with E-state index >= 15 is 0 Å². The van der Waals surface area contributed by atoms with Crippen molar-refractivity contribution in [1.82, 2.24) is 9.97 Å². The van der Waals surface area contributed by atoms with Crippen LogP contribution < -0.4 is 5.32 Å². The second kappa shape index (κ2) is 5.27. The van der Waals surface area contributed by atoms with Crippen molar-refractivity contribution in [2.45, 2.75) is 38.1 Å². The Bertz CT molecular complexity index is 421. The average molecular weight is 257 g/mol. The molecular formula is C10H13ClN4O2. The van der Waals surface area contributed by atoms with Gasteiger partial charge in [0, 0.05) is 6.04 Å². The number of hydrogen-bond acceptors (Lipinski definition) is 5. The summed E-state index contributed by atoms with van der Waals surface area (Å²) in [6.07, 6.45) is 6.68. The number of anilines is 1. The van der Waals surface area contributed by atoms with E-state index in [1.807, 2.05) is 0 Å². The van der Waals surface area contributed by atoms with Crippen LogP contribution >= 0.6 is 11.6 Å². The van der Waals surface area contributed by atoms with Gasteiger partial charge in [-0.15, -0.1) is 0 Å². The van der Waals surface area contributed by atoms with Crippen molar-refractivity contribution >= 4 is 23.1 Å². The summed E-state index contributed by atoms with van der Waals surface area (Å²) in [5.41, 5.74) is -0.125.